The average molecular weight is 311 g/mol. The molecule has 0 aromatic rings. The molecule has 3 rings (SSSR count). The Labute approximate surface area is 133 Å². The Balaban J connectivity index is 1.47. The first-order valence-corrected chi connectivity index (χ1v) is 8.61. The molecule has 3 fully saturated rings. The zero-order valence-corrected chi connectivity index (χ0v) is 13.6. The van der Waals surface area contributed by atoms with E-state index in [1.165, 1.54) is 12.8 Å². The molecule has 2 heterocycles. The van der Waals surface area contributed by atoms with E-state index < -0.39 is 0 Å². The van der Waals surface area contributed by atoms with Crippen LogP contribution in [0.1, 0.15) is 19.3 Å². The summed E-state index contributed by atoms with van der Waals surface area (Å²) in [5.74, 6) is 1.17. The molecule has 0 unspecified atom stereocenters. The van der Waals surface area contributed by atoms with E-state index in [2.05, 4.69) is 17.3 Å². The highest BCUT2D eigenvalue weighted by atomic mass is 16.5. The molecule has 22 heavy (non-hydrogen) atoms. The van der Waals surface area contributed by atoms with Gasteiger partial charge in [-0.2, -0.15) is 0 Å². The predicted octanol–water partition coefficient (Wildman–Crippen LogP) is 0.775. The van der Waals surface area contributed by atoms with Crippen LogP contribution >= 0.6 is 0 Å². The number of likely N-dealkylation sites (N-methyl/N-ethyl adjacent to an activating group) is 1. The minimum atomic E-state index is 0.0654. The molecular weight excluding hydrogens is 282 g/mol. The third kappa shape index (κ3) is 4.83. The van der Waals surface area contributed by atoms with Crippen molar-refractivity contribution in [2.45, 2.75) is 25.4 Å². The van der Waals surface area contributed by atoms with Crippen molar-refractivity contribution in [1.82, 2.24) is 15.1 Å². The van der Waals surface area contributed by atoms with Crippen LogP contribution in [0.15, 0.2) is 0 Å². The SMILES string of the molecule is CN1CCO[C@@H](CN(CC2CC2)C(=O)NC[C@@H]2CCOC2)C1. The van der Waals surface area contributed by atoms with Crippen LogP contribution in [-0.4, -0.2) is 81.5 Å². The lowest BCUT2D eigenvalue weighted by atomic mass is 10.1. The molecule has 0 bridgehead atoms. The maximum absolute atomic E-state index is 12.5. The Bertz CT molecular complexity index is 370. The zero-order chi connectivity index (χ0) is 15.4. The smallest absolute Gasteiger partial charge is 0.317 e. The first-order valence-electron chi connectivity index (χ1n) is 8.61. The number of hydrogen-bond acceptors (Lipinski definition) is 4. The largest absolute Gasteiger partial charge is 0.381 e. The highest BCUT2D eigenvalue weighted by Crippen LogP contribution is 2.30. The predicted molar refractivity (Wildman–Crippen MR) is 83.9 cm³/mol. The number of carbonyl (C=O) groups excluding carboxylic acids is 1. The molecule has 1 N–H and O–H groups in total. The van der Waals surface area contributed by atoms with Crippen molar-refractivity contribution in [2.75, 3.05) is 59.6 Å². The van der Waals surface area contributed by atoms with Gasteiger partial charge < -0.3 is 24.6 Å². The van der Waals surface area contributed by atoms with Crippen molar-refractivity contribution in [3.63, 3.8) is 0 Å². The van der Waals surface area contributed by atoms with Gasteiger partial charge in [0, 0.05) is 45.2 Å². The summed E-state index contributed by atoms with van der Waals surface area (Å²) in [6.07, 6.45) is 3.70. The molecule has 6 heteroatoms. The lowest BCUT2D eigenvalue weighted by molar-refractivity contribution is -0.0309. The van der Waals surface area contributed by atoms with Crippen LogP contribution in [0.5, 0.6) is 0 Å². The fourth-order valence-corrected chi connectivity index (χ4v) is 3.16. The highest BCUT2D eigenvalue weighted by Gasteiger charge is 2.30. The average Bonchev–Trinajstić information content (AvgIpc) is 3.16. The van der Waals surface area contributed by atoms with Crippen molar-refractivity contribution >= 4 is 6.03 Å². The summed E-state index contributed by atoms with van der Waals surface area (Å²) in [5, 5.41) is 3.10. The van der Waals surface area contributed by atoms with Crippen molar-refractivity contribution in [1.29, 1.82) is 0 Å². The number of morpholine rings is 1. The molecule has 0 aromatic heterocycles. The van der Waals surface area contributed by atoms with E-state index in [1.54, 1.807) is 0 Å². The van der Waals surface area contributed by atoms with Crippen LogP contribution in [0, 0.1) is 11.8 Å². The second-order valence-electron chi connectivity index (χ2n) is 7.02. The van der Waals surface area contributed by atoms with Gasteiger partial charge in [-0.05, 0) is 32.2 Å². The maximum Gasteiger partial charge on any atom is 0.317 e. The maximum atomic E-state index is 12.5. The van der Waals surface area contributed by atoms with E-state index in [0.717, 1.165) is 52.4 Å². The van der Waals surface area contributed by atoms with Gasteiger partial charge in [-0.3, -0.25) is 0 Å². The fourth-order valence-electron chi connectivity index (χ4n) is 3.16. The van der Waals surface area contributed by atoms with Gasteiger partial charge in [-0.1, -0.05) is 0 Å². The number of ether oxygens (including phenoxy) is 2. The van der Waals surface area contributed by atoms with Gasteiger partial charge in [0.2, 0.25) is 0 Å². The molecule has 2 atom stereocenters. The summed E-state index contributed by atoms with van der Waals surface area (Å²) in [7, 11) is 2.11. The number of urea groups is 1. The molecule has 0 spiro atoms. The van der Waals surface area contributed by atoms with Gasteiger partial charge in [-0.15, -0.1) is 0 Å². The van der Waals surface area contributed by atoms with Gasteiger partial charge in [-0.25, -0.2) is 4.79 Å². The van der Waals surface area contributed by atoms with Gasteiger partial charge in [0.15, 0.2) is 0 Å². The van der Waals surface area contributed by atoms with Crippen molar-refractivity contribution < 1.29 is 14.3 Å². The molecule has 2 aliphatic heterocycles. The number of nitrogens with zero attached hydrogens (tertiary/aromatic N) is 2. The zero-order valence-electron chi connectivity index (χ0n) is 13.6. The Kier molecular flexibility index (Phi) is 5.55. The van der Waals surface area contributed by atoms with Crippen LogP contribution in [-0.2, 0) is 9.47 Å². The normalized spacial score (nSPS) is 29.5. The lowest BCUT2D eigenvalue weighted by Gasteiger charge is -2.34. The summed E-state index contributed by atoms with van der Waals surface area (Å²) >= 11 is 0. The molecular formula is C16H29N3O3. The Morgan fingerprint density at radius 2 is 2.09 bits per heavy atom. The standard InChI is InChI=1S/C16H29N3O3/c1-18-5-7-22-15(10-18)11-19(9-13-2-3-13)16(20)17-8-14-4-6-21-12-14/h13-15H,2-12H2,1H3,(H,17,20)/t14-,15+/m0/s1. The van der Waals surface area contributed by atoms with Crippen LogP contribution in [0.2, 0.25) is 0 Å². The minimum Gasteiger partial charge on any atom is -0.381 e. The Hall–Kier alpha value is -0.850. The van der Waals surface area contributed by atoms with E-state index in [9.17, 15) is 4.79 Å². The van der Waals surface area contributed by atoms with Gasteiger partial charge in [0.25, 0.3) is 0 Å². The van der Waals surface area contributed by atoms with E-state index in [-0.39, 0.29) is 12.1 Å². The topological polar surface area (TPSA) is 54.0 Å². The Morgan fingerprint density at radius 3 is 2.77 bits per heavy atom. The van der Waals surface area contributed by atoms with Crippen LogP contribution in [0.3, 0.4) is 0 Å². The third-order valence-corrected chi connectivity index (χ3v) is 4.79. The first kappa shape index (κ1) is 16.0. The van der Waals surface area contributed by atoms with Gasteiger partial charge in [0.05, 0.1) is 19.3 Å². The summed E-state index contributed by atoms with van der Waals surface area (Å²) < 4.78 is 11.2. The summed E-state index contributed by atoms with van der Waals surface area (Å²) in [5.41, 5.74) is 0. The number of hydrogen-bond donors (Lipinski definition) is 1. The first-order chi connectivity index (χ1) is 10.7. The third-order valence-electron chi connectivity index (χ3n) is 4.79. The second kappa shape index (κ2) is 7.62. The monoisotopic (exact) mass is 311 g/mol. The summed E-state index contributed by atoms with van der Waals surface area (Å²) in [6, 6.07) is 0.0654. The van der Waals surface area contributed by atoms with Crippen molar-refractivity contribution in [2.24, 2.45) is 11.8 Å². The van der Waals surface area contributed by atoms with Gasteiger partial charge in [0.1, 0.15) is 0 Å². The Morgan fingerprint density at radius 1 is 1.23 bits per heavy atom. The van der Waals surface area contributed by atoms with E-state index in [0.29, 0.717) is 18.4 Å². The molecule has 0 aromatic carbocycles. The minimum absolute atomic E-state index is 0.0654. The quantitative estimate of drug-likeness (QED) is 0.787. The molecule has 6 nitrogen and oxygen atoms in total. The van der Waals surface area contributed by atoms with Crippen LogP contribution in [0.25, 0.3) is 0 Å². The highest BCUT2D eigenvalue weighted by molar-refractivity contribution is 5.74. The number of nitrogens with one attached hydrogen (secondary N) is 1. The lowest BCUT2D eigenvalue weighted by Crippen LogP contribution is -2.50. The van der Waals surface area contributed by atoms with E-state index in [4.69, 9.17) is 9.47 Å². The molecule has 2 amide bonds. The van der Waals surface area contributed by atoms with E-state index in [1.807, 2.05) is 4.90 Å². The molecule has 3 aliphatic rings. The fraction of sp³-hybridized carbons (Fsp3) is 0.938. The van der Waals surface area contributed by atoms with Gasteiger partial charge >= 0.3 is 6.03 Å². The number of rotatable bonds is 6. The molecule has 1 saturated carbocycles. The molecule has 1 aliphatic carbocycles. The number of carbonyl (C=O) groups is 1. The summed E-state index contributed by atoms with van der Waals surface area (Å²) in [6.45, 7) is 6.56. The molecule has 0 radical (unpaired) electrons. The van der Waals surface area contributed by atoms with Crippen molar-refractivity contribution in [3.05, 3.63) is 0 Å². The molecule has 126 valence electrons. The van der Waals surface area contributed by atoms with Crippen LogP contribution in [0.4, 0.5) is 4.79 Å². The van der Waals surface area contributed by atoms with Crippen LogP contribution < -0.4 is 5.32 Å². The summed E-state index contributed by atoms with van der Waals surface area (Å²) in [4.78, 5) is 16.8. The molecule has 2 saturated heterocycles. The number of amides is 2. The van der Waals surface area contributed by atoms with E-state index >= 15 is 0 Å². The van der Waals surface area contributed by atoms with Crippen molar-refractivity contribution in [3.8, 4) is 0 Å². The second-order valence-corrected chi connectivity index (χ2v) is 7.02.